The van der Waals surface area contributed by atoms with Gasteiger partial charge in [-0.3, -0.25) is 4.68 Å². The number of aromatic nitrogens is 3. The Morgan fingerprint density at radius 1 is 1.16 bits per heavy atom. The molecule has 19 heavy (non-hydrogen) atoms. The maximum Gasteiger partial charge on any atom is 0.181 e. The van der Waals surface area contributed by atoms with E-state index in [1.165, 1.54) is 4.88 Å². The predicted molar refractivity (Wildman–Crippen MR) is 77.9 cm³/mol. The van der Waals surface area contributed by atoms with Crippen LogP contribution in [0.25, 0.3) is 11.4 Å². The summed E-state index contributed by atoms with van der Waals surface area (Å²) in [5.74, 6) is 0.742. The summed E-state index contributed by atoms with van der Waals surface area (Å²) in [7, 11) is 0. The van der Waals surface area contributed by atoms with E-state index >= 15 is 0 Å². The third-order valence-corrected chi connectivity index (χ3v) is 3.81. The SMILES string of the molecule is Nc1ccc(-c2ncn(CCc3cccs3)n2)cc1. The molecule has 0 fully saturated rings. The van der Waals surface area contributed by atoms with Gasteiger partial charge in [0.05, 0.1) is 0 Å². The van der Waals surface area contributed by atoms with Gasteiger partial charge in [0, 0.05) is 29.1 Å². The van der Waals surface area contributed by atoms with Crippen molar-refractivity contribution in [3.8, 4) is 11.4 Å². The molecule has 0 atom stereocenters. The Kier molecular flexibility index (Phi) is 3.29. The van der Waals surface area contributed by atoms with E-state index in [9.17, 15) is 0 Å². The highest BCUT2D eigenvalue weighted by atomic mass is 32.1. The van der Waals surface area contributed by atoms with Gasteiger partial charge in [0.25, 0.3) is 0 Å². The first-order chi connectivity index (χ1) is 9.31. The number of anilines is 1. The van der Waals surface area contributed by atoms with E-state index in [0.29, 0.717) is 0 Å². The van der Waals surface area contributed by atoms with E-state index in [1.807, 2.05) is 28.9 Å². The monoisotopic (exact) mass is 270 g/mol. The Labute approximate surface area is 115 Å². The summed E-state index contributed by atoms with van der Waals surface area (Å²) in [6.07, 6.45) is 2.77. The molecular weight excluding hydrogens is 256 g/mol. The number of nitrogen functional groups attached to an aromatic ring is 1. The van der Waals surface area contributed by atoms with Crippen LogP contribution in [0.3, 0.4) is 0 Å². The van der Waals surface area contributed by atoms with Crippen molar-refractivity contribution < 1.29 is 0 Å². The molecule has 3 aromatic rings. The van der Waals surface area contributed by atoms with Gasteiger partial charge in [0.1, 0.15) is 6.33 Å². The third kappa shape index (κ3) is 2.82. The molecule has 0 aliphatic rings. The largest absolute Gasteiger partial charge is 0.399 e. The molecule has 1 aromatic carbocycles. The number of benzene rings is 1. The number of hydrogen-bond donors (Lipinski definition) is 1. The van der Waals surface area contributed by atoms with Crippen LogP contribution in [-0.4, -0.2) is 14.8 Å². The molecule has 4 nitrogen and oxygen atoms in total. The van der Waals surface area contributed by atoms with Crippen molar-refractivity contribution >= 4 is 17.0 Å². The smallest absolute Gasteiger partial charge is 0.181 e. The van der Waals surface area contributed by atoms with Crippen molar-refractivity contribution in [2.24, 2.45) is 0 Å². The molecule has 0 saturated carbocycles. The maximum absolute atomic E-state index is 5.67. The minimum Gasteiger partial charge on any atom is -0.399 e. The van der Waals surface area contributed by atoms with Crippen LogP contribution in [0.2, 0.25) is 0 Å². The van der Waals surface area contributed by atoms with Gasteiger partial charge in [-0.2, -0.15) is 5.10 Å². The van der Waals surface area contributed by atoms with Crippen LogP contribution in [0.1, 0.15) is 4.88 Å². The molecule has 0 spiro atoms. The fourth-order valence-corrected chi connectivity index (χ4v) is 2.54. The fourth-order valence-electron chi connectivity index (χ4n) is 1.85. The predicted octanol–water partition coefficient (Wildman–Crippen LogP) is 2.83. The number of aryl methyl sites for hydroxylation is 2. The number of thiophene rings is 1. The summed E-state index contributed by atoms with van der Waals surface area (Å²) in [5, 5.41) is 6.57. The second-order valence-corrected chi connectivity index (χ2v) is 5.31. The van der Waals surface area contributed by atoms with Gasteiger partial charge in [-0.1, -0.05) is 6.07 Å². The summed E-state index contributed by atoms with van der Waals surface area (Å²) in [4.78, 5) is 5.70. The highest BCUT2D eigenvalue weighted by molar-refractivity contribution is 7.09. The number of hydrogen-bond acceptors (Lipinski definition) is 4. The van der Waals surface area contributed by atoms with Gasteiger partial charge in [-0.05, 0) is 35.7 Å². The van der Waals surface area contributed by atoms with Crippen molar-refractivity contribution in [1.29, 1.82) is 0 Å². The van der Waals surface area contributed by atoms with Crippen LogP contribution in [0, 0.1) is 0 Å². The van der Waals surface area contributed by atoms with Gasteiger partial charge in [-0.15, -0.1) is 11.3 Å². The quantitative estimate of drug-likeness (QED) is 0.742. The number of rotatable bonds is 4. The van der Waals surface area contributed by atoms with Crippen molar-refractivity contribution in [3.63, 3.8) is 0 Å². The summed E-state index contributed by atoms with van der Waals surface area (Å²) in [6.45, 7) is 0.850. The van der Waals surface area contributed by atoms with Crippen molar-refractivity contribution in [1.82, 2.24) is 14.8 Å². The molecule has 0 amide bonds. The number of nitrogens with two attached hydrogens (primary N) is 1. The van der Waals surface area contributed by atoms with Crippen LogP contribution in [0.4, 0.5) is 5.69 Å². The van der Waals surface area contributed by atoms with Gasteiger partial charge in [0.15, 0.2) is 5.82 Å². The molecule has 0 bridgehead atoms. The van der Waals surface area contributed by atoms with Crippen molar-refractivity contribution in [2.45, 2.75) is 13.0 Å². The van der Waals surface area contributed by atoms with Crippen LogP contribution >= 0.6 is 11.3 Å². The summed E-state index contributed by atoms with van der Waals surface area (Å²) >= 11 is 1.77. The lowest BCUT2D eigenvalue weighted by atomic mass is 10.2. The zero-order valence-electron chi connectivity index (χ0n) is 10.4. The molecule has 0 saturated heterocycles. The third-order valence-electron chi connectivity index (χ3n) is 2.87. The van der Waals surface area contributed by atoms with E-state index in [0.717, 1.165) is 30.0 Å². The topological polar surface area (TPSA) is 56.7 Å². The first-order valence-electron chi connectivity index (χ1n) is 6.09. The molecule has 5 heteroatoms. The lowest BCUT2D eigenvalue weighted by Gasteiger charge is -1.98. The minimum atomic E-state index is 0.742. The molecule has 96 valence electrons. The Hall–Kier alpha value is -2.14. The lowest BCUT2D eigenvalue weighted by Crippen LogP contribution is -2.01. The van der Waals surface area contributed by atoms with E-state index in [2.05, 4.69) is 27.6 Å². The average molecular weight is 270 g/mol. The molecule has 2 N–H and O–H groups in total. The van der Waals surface area contributed by atoms with Crippen LogP contribution in [-0.2, 0) is 13.0 Å². The standard InChI is InChI=1S/C14H14N4S/c15-12-5-3-11(4-6-12)14-16-10-18(17-14)8-7-13-2-1-9-19-13/h1-6,9-10H,7-8,15H2. The summed E-state index contributed by atoms with van der Waals surface area (Å²) in [6, 6.07) is 11.8. The Morgan fingerprint density at radius 3 is 2.74 bits per heavy atom. The second kappa shape index (κ2) is 5.24. The van der Waals surface area contributed by atoms with Gasteiger partial charge in [0.2, 0.25) is 0 Å². The van der Waals surface area contributed by atoms with Crippen LogP contribution in [0.15, 0.2) is 48.1 Å². The van der Waals surface area contributed by atoms with Crippen LogP contribution < -0.4 is 5.73 Å². The first kappa shape index (κ1) is 11.9. The van der Waals surface area contributed by atoms with Crippen molar-refractivity contribution in [3.05, 3.63) is 53.0 Å². The van der Waals surface area contributed by atoms with Crippen LogP contribution in [0.5, 0.6) is 0 Å². The average Bonchev–Trinajstić information content (AvgIpc) is 3.09. The highest BCUT2D eigenvalue weighted by Gasteiger charge is 2.04. The normalized spacial score (nSPS) is 10.7. The molecule has 0 radical (unpaired) electrons. The van der Waals surface area contributed by atoms with E-state index in [1.54, 1.807) is 17.7 Å². The van der Waals surface area contributed by atoms with Gasteiger partial charge in [-0.25, -0.2) is 4.98 Å². The maximum atomic E-state index is 5.67. The summed E-state index contributed by atoms with van der Waals surface area (Å²) < 4.78 is 1.88. The molecule has 3 rings (SSSR count). The second-order valence-electron chi connectivity index (χ2n) is 4.28. The minimum absolute atomic E-state index is 0.742. The fraction of sp³-hybridized carbons (Fsp3) is 0.143. The Bertz CT molecular complexity index is 640. The molecular formula is C14H14N4S. The highest BCUT2D eigenvalue weighted by Crippen LogP contribution is 2.16. The van der Waals surface area contributed by atoms with E-state index < -0.39 is 0 Å². The van der Waals surface area contributed by atoms with Gasteiger partial charge < -0.3 is 5.73 Å². The van der Waals surface area contributed by atoms with E-state index in [4.69, 9.17) is 5.73 Å². The Balaban J connectivity index is 1.70. The molecule has 0 aliphatic carbocycles. The number of nitrogens with zero attached hydrogens (tertiary/aromatic N) is 3. The van der Waals surface area contributed by atoms with Crippen molar-refractivity contribution in [2.75, 3.05) is 5.73 Å². The van der Waals surface area contributed by atoms with E-state index in [-0.39, 0.29) is 0 Å². The Morgan fingerprint density at radius 2 is 2.00 bits per heavy atom. The van der Waals surface area contributed by atoms with Gasteiger partial charge >= 0.3 is 0 Å². The molecule has 0 unspecified atom stereocenters. The zero-order valence-corrected chi connectivity index (χ0v) is 11.2. The summed E-state index contributed by atoms with van der Waals surface area (Å²) in [5.41, 5.74) is 7.41. The molecule has 2 aromatic heterocycles. The lowest BCUT2D eigenvalue weighted by molar-refractivity contribution is 0.618. The molecule has 0 aliphatic heterocycles. The zero-order chi connectivity index (χ0) is 13.1. The molecule has 2 heterocycles. The first-order valence-corrected chi connectivity index (χ1v) is 6.97.